The van der Waals surface area contributed by atoms with Crippen LogP contribution < -0.4 is 19.9 Å². The maximum atomic E-state index is 12.7. The summed E-state index contributed by atoms with van der Waals surface area (Å²) in [6.45, 7) is 3.46. The first kappa shape index (κ1) is 20.1. The van der Waals surface area contributed by atoms with Crippen LogP contribution in [0.5, 0.6) is 5.75 Å². The minimum atomic E-state index is -0.399. The van der Waals surface area contributed by atoms with Crippen LogP contribution in [0.1, 0.15) is 12.1 Å². The number of nitrogens with one attached hydrogen (secondary N) is 1. The zero-order valence-corrected chi connectivity index (χ0v) is 16.9. The van der Waals surface area contributed by atoms with Gasteiger partial charge < -0.3 is 24.6 Å². The quantitative estimate of drug-likeness (QED) is 0.757. The first-order valence-electron chi connectivity index (χ1n) is 10.0. The number of hydrogen-bond acceptors (Lipinski definition) is 7. The van der Waals surface area contributed by atoms with E-state index in [1.165, 1.54) is 0 Å². The Balaban J connectivity index is 1.35. The smallest absolute Gasteiger partial charge is 0.227 e. The fourth-order valence-corrected chi connectivity index (χ4v) is 3.63. The summed E-state index contributed by atoms with van der Waals surface area (Å²) in [6.07, 6.45) is 1.88. The highest BCUT2D eigenvalue weighted by atomic mass is 16.5. The number of anilines is 2. The van der Waals surface area contributed by atoms with E-state index in [0.717, 1.165) is 24.5 Å². The lowest BCUT2D eigenvalue weighted by molar-refractivity contribution is -0.126. The van der Waals surface area contributed by atoms with Gasteiger partial charge in [0.2, 0.25) is 17.8 Å². The van der Waals surface area contributed by atoms with Crippen molar-refractivity contribution in [2.75, 3.05) is 49.8 Å². The second-order valence-electron chi connectivity index (χ2n) is 7.27. The molecule has 0 saturated carbocycles. The summed E-state index contributed by atoms with van der Waals surface area (Å²) in [5.74, 6) is 0.697. The number of ether oxygens (including phenoxy) is 2. The highest BCUT2D eigenvalue weighted by Gasteiger charge is 2.35. The van der Waals surface area contributed by atoms with E-state index in [4.69, 9.17) is 9.47 Å². The Bertz CT molecular complexity index is 916. The molecule has 0 bridgehead atoms. The lowest BCUT2D eigenvalue weighted by atomic mass is 10.1. The zero-order chi connectivity index (χ0) is 20.9. The lowest BCUT2D eigenvalue weighted by Gasteiger charge is -2.26. The van der Waals surface area contributed by atoms with Crippen LogP contribution in [0.2, 0.25) is 0 Å². The number of methoxy groups -OCH3 is 1. The van der Waals surface area contributed by atoms with Gasteiger partial charge in [-0.25, -0.2) is 9.97 Å². The van der Waals surface area contributed by atoms with Crippen molar-refractivity contribution in [3.8, 4) is 5.75 Å². The van der Waals surface area contributed by atoms with Gasteiger partial charge >= 0.3 is 0 Å². The van der Waals surface area contributed by atoms with Gasteiger partial charge in [-0.05, 0) is 18.2 Å². The summed E-state index contributed by atoms with van der Waals surface area (Å²) < 4.78 is 10.6. The van der Waals surface area contributed by atoms with E-state index in [0.29, 0.717) is 38.0 Å². The van der Waals surface area contributed by atoms with Gasteiger partial charge in [0, 0.05) is 44.0 Å². The Morgan fingerprint density at radius 1 is 1.30 bits per heavy atom. The van der Waals surface area contributed by atoms with E-state index < -0.39 is 5.92 Å². The molecule has 9 nitrogen and oxygen atoms in total. The Morgan fingerprint density at radius 3 is 2.93 bits per heavy atom. The minimum absolute atomic E-state index is 0.0694. The van der Waals surface area contributed by atoms with Gasteiger partial charge in [0.05, 0.1) is 38.5 Å². The first-order valence-corrected chi connectivity index (χ1v) is 10.0. The molecule has 1 aromatic heterocycles. The molecule has 2 aliphatic heterocycles. The van der Waals surface area contributed by atoms with Crippen molar-refractivity contribution in [2.45, 2.75) is 13.0 Å². The summed E-state index contributed by atoms with van der Waals surface area (Å²) in [5, 5.41) is 2.91. The number of carbonyl (C=O) groups excluding carboxylic acids is 2. The zero-order valence-electron chi connectivity index (χ0n) is 16.9. The summed E-state index contributed by atoms with van der Waals surface area (Å²) in [5.41, 5.74) is 1.47. The Kier molecular flexibility index (Phi) is 6.08. The first-order chi connectivity index (χ1) is 14.6. The average molecular weight is 411 g/mol. The van der Waals surface area contributed by atoms with Crippen LogP contribution in [0, 0.1) is 5.92 Å². The molecular formula is C21H25N5O4. The maximum absolute atomic E-state index is 12.7. The third kappa shape index (κ3) is 4.51. The molecule has 0 spiro atoms. The number of carbonyl (C=O) groups is 2. The summed E-state index contributed by atoms with van der Waals surface area (Å²) in [4.78, 5) is 37.7. The molecule has 3 heterocycles. The van der Waals surface area contributed by atoms with Gasteiger partial charge in [-0.2, -0.15) is 0 Å². The second kappa shape index (κ2) is 9.08. The standard InChI is InChI=1S/C21H25N5O4/c1-29-18-4-2-3-17(12-18)26-14-15(11-19(26)27)20(28)23-13-16-5-6-22-21(24-16)25-7-9-30-10-8-25/h2-6,12,15H,7-11,13-14H2,1H3,(H,23,28). The van der Waals surface area contributed by atoms with Crippen molar-refractivity contribution in [2.24, 2.45) is 5.92 Å². The normalized spacial score (nSPS) is 19.1. The SMILES string of the molecule is COc1cccc(N2CC(C(=O)NCc3ccnc(N4CCOCC4)n3)CC2=O)c1. The average Bonchev–Trinajstić information content (AvgIpc) is 3.20. The molecule has 158 valence electrons. The van der Waals surface area contributed by atoms with Crippen LogP contribution in [0.15, 0.2) is 36.5 Å². The molecule has 2 amide bonds. The van der Waals surface area contributed by atoms with Crippen molar-refractivity contribution in [3.05, 3.63) is 42.2 Å². The molecule has 30 heavy (non-hydrogen) atoms. The van der Waals surface area contributed by atoms with Crippen LogP contribution in [-0.2, 0) is 20.9 Å². The summed E-state index contributed by atoms with van der Waals surface area (Å²) in [7, 11) is 1.58. The molecule has 4 rings (SSSR count). The van der Waals surface area contributed by atoms with E-state index in [9.17, 15) is 9.59 Å². The fourth-order valence-electron chi connectivity index (χ4n) is 3.63. The number of nitrogens with zero attached hydrogens (tertiary/aromatic N) is 4. The van der Waals surface area contributed by atoms with E-state index in [-0.39, 0.29) is 18.2 Å². The van der Waals surface area contributed by atoms with Gasteiger partial charge in [0.15, 0.2) is 0 Å². The predicted molar refractivity (Wildman–Crippen MR) is 110 cm³/mol. The number of morpholine rings is 1. The van der Waals surface area contributed by atoms with Gasteiger partial charge in [-0.15, -0.1) is 0 Å². The molecule has 2 aliphatic rings. The molecule has 2 aromatic rings. The second-order valence-corrected chi connectivity index (χ2v) is 7.27. The van der Waals surface area contributed by atoms with Gasteiger partial charge in [-0.3, -0.25) is 9.59 Å². The number of rotatable bonds is 6. The molecule has 9 heteroatoms. The number of hydrogen-bond donors (Lipinski definition) is 1. The molecule has 1 unspecified atom stereocenters. The molecule has 0 radical (unpaired) electrons. The minimum Gasteiger partial charge on any atom is -0.497 e. The van der Waals surface area contributed by atoms with Crippen molar-refractivity contribution in [3.63, 3.8) is 0 Å². The van der Waals surface area contributed by atoms with E-state index in [1.807, 2.05) is 18.2 Å². The fraction of sp³-hybridized carbons (Fsp3) is 0.429. The van der Waals surface area contributed by atoms with Gasteiger partial charge in [-0.1, -0.05) is 6.07 Å². The van der Waals surface area contributed by atoms with Crippen molar-refractivity contribution < 1.29 is 19.1 Å². The molecule has 1 aromatic carbocycles. The monoisotopic (exact) mass is 411 g/mol. The number of amides is 2. The van der Waals surface area contributed by atoms with E-state index >= 15 is 0 Å². The molecule has 1 N–H and O–H groups in total. The summed E-state index contributed by atoms with van der Waals surface area (Å²) >= 11 is 0. The molecule has 1 atom stereocenters. The largest absolute Gasteiger partial charge is 0.497 e. The van der Waals surface area contributed by atoms with Gasteiger partial charge in [0.25, 0.3) is 0 Å². The van der Waals surface area contributed by atoms with Gasteiger partial charge in [0.1, 0.15) is 5.75 Å². The van der Waals surface area contributed by atoms with Crippen LogP contribution in [0.3, 0.4) is 0 Å². The molecular weight excluding hydrogens is 386 g/mol. The van der Waals surface area contributed by atoms with Crippen LogP contribution in [0.4, 0.5) is 11.6 Å². The van der Waals surface area contributed by atoms with E-state index in [2.05, 4.69) is 20.2 Å². The number of benzene rings is 1. The van der Waals surface area contributed by atoms with Crippen LogP contribution in [-0.4, -0.2) is 61.7 Å². The van der Waals surface area contributed by atoms with Crippen molar-refractivity contribution >= 4 is 23.5 Å². The van der Waals surface area contributed by atoms with Crippen molar-refractivity contribution in [1.82, 2.24) is 15.3 Å². The highest BCUT2D eigenvalue weighted by molar-refractivity contribution is 6.00. The van der Waals surface area contributed by atoms with Crippen LogP contribution in [0.25, 0.3) is 0 Å². The summed E-state index contributed by atoms with van der Waals surface area (Å²) in [6, 6.07) is 9.07. The Labute approximate surface area is 175 Å². The van der Waals surface area contributed by atoms with Crippen molar-refractivity contribution in [1.29, 1.82) is 0 Å². The lowest BCUT2D eigenvalue weighted by Crippen LogP contribution is -2.37. The molecule has 0 aliphatic carbocycles. The Hall–Kier alpha value is -3.20. The molecule has 2 fully saturated rings. The predicted octanol–water partition coefficient (Wildman–Crippen LogP) is 0.991. The number of aromatic nitrogens is 2. The van der Waals surface area contributed by atoms with E-state index in [1.54, 1.807) is 30.3 Å². The third-order valence-electron chi connectivity index (χ3n) is 5.30. The Morgan fingerprint density at radius 2 is 2.13 bits per heavy atom. The highest BCUT2D eigenvalue weighted by Crippen LogP contribution is 2.28. The third-order valence-corrected chi connectivity index (χ3v) is 5.30. The topological polar surface area (TPSA) is 96.9 Å². The molecule has 2 saturated heterocycles. The van der Waals surface area contributed by atoms with Crippen LogP contribution >= 0.6 is 0 Å². The maximum Gasteiger partial charge on any atom is 0.227 e.